The van der Waals surface area contributed by atoms with Gasteiger partial charge in [0, 0.05) is 11.9 Å². The first-order valence-corrected chi connectivity index (χ1v) is 11.5. The molecule has 4 rings (SSSR count). The normalized spacial score (nSPS) is 18.0. The van der Waals surface area contributed by atoms with E-state index in [9.17, 15) is 14.4 Å². The van der Waals surface area contributed by atoms with Crippen molar-refractivity contribution in [2.45, 2.75) is 51.2 Å². The van der Waals surface area contributed by atoms with Crippen LogP contribution < -0.4 is 10.6 Å². The zero-order valence-electron chi connectivity index (χ0n) is 19.4. The number of carbonyl (C=O) groups excluding carboxylic acids is 3. The van der Waals surface area contributed by atoms with Gasteiger partial charge in [-0.15, -0.1) is 0 Å². The first-order chi connectivity index (χ1) is 17.0. The Morgan fingerprint density at radius 3 is 2.49 bits per heavy atom. The number of rotatable bonds is 10. The molecule has 0 aliphatic carbocycles. The average molecular weight is 477 g/mol. The van der Waals surface area contributed by atoms with Crippen molar-refractivity contribution >= 4 is 17.8 Å². The van der Waals surface area contributed by atoms with Gasteiger partial charge in [-0.3, -0.25) is 14.4 Å². The van der Waals surface area contributed by atoms with E-state index >= 15 is 0 Å². The molecule has 0 saturated carbocycles. The molecule has 3 N–H and O–H groups in total. The van der Waals surface area contributed by atoms with Gasteiger partial charge in [-0.1, -0.05) is 60.7 Å². The summed E-state index contributed by atoms with van der Waals surface area (Å²) in [6, 6.07) is 18.0. The summed E-state index contributed by atoms with van der Waals surface area (Å²) in [4.78, 5) is 44.2. The number of nitrogens with zero attached hydrogens (tertiary/aromatic N) is 1. The maximum Gasteiger partial charge on any atom is 0.310 e. The first kappa shape index (κ1) is 24.2. The first-order valence-electron chi connectivity index (χ1n) is 11.5. The number of aromatic amines is 1. The van der Waals surface area contributed by atoms with Crippen LogP contribution in [0.2, 0.25) is 0 Å². The number of H-pyrrole nitrogens is 1. The van der Waals surface area contributed by atoms with Gasteiger partial charge in [-0.2, -0.15) is 0 Å². The lowest BCUT2D eigenvalue weighted by molar-refractivity contribution is -0.168. The zero-order valence-corrected chi connectivity index (χ0v) is 19.4. The minimum atomic E-state index is -0.896. The topological polar surface area (TPSA) is 122 Å². The van der Waals surface area contributed by atoms with Crippen molar-refractivity contribution in [2.24, 2.45) is 0 Å². The van der Waals surface area contributed by atoms with Crippen LogP contribution in [0.25, 0.3) is 0 Å². The molecule has 1 aromatic heterocycles. The number of nitrogens with one attached hydrogen (secondary N) is 3. The highest BCUT2D eigenvalue weighted by Gasteiger charge is 2.37. The van der Waals surface area contributed by atoms with Crippen LogP contribution in [0, 0.1) is 0 Å². The standard InChI is InChI=1S/C26H28N4O5/c1-17(28-25(33)23-27-15-20(29-23)13-12-18-8-4-2-5-9-18)24(32)30-21-14-22(31)35-26(21)34-16-19-10-6-3-7-11-19/h2-11,15,17,21,26H,12-14,16H2,1H3,(H,27,29)(H,28,33)(H,30,32)/t17-,21+,26+/m1/s1. The lowest BCUT2D eigenvalue weighted by Gasteiger charge is -2.21. The summed E-state index contributed by atoms with van der Waals surface area (Å²) < 4.78 is 10.9. The van der Waals surface area contributed by atoms with Gasteiger partial charge in [0.05, 0.1) is 13.0 Å². The Balaban J connectivity index is 1.26. The van der Waals surface area contributed by atoms with Crippen LogP contribution in [0.3, 0.4) is 0 Å². The maximum atomic E-state index is 12.7. The maximum absolute atomic E-state index is 12.7. The van der Waals surface area contributed by atoms with Gasteiger partial charge in [-0.25, -0.2) is 4.98 Å². The van der Waals surface area contributed by atoms with Gasteiger partial charge in [0.1, 0.15) is 12.1 Å². The number of benzene rings is 2. The number of carbonyl (C=O) groups is 3. The smallest absolute Gasteiger partial charge is 0.310 e. The van der Waals surface area contributed by atoms with Crippen molar-refractivity contribution in [1.82, 2.24) is 20.6 Å². The van der Waals surface area contributed by atoms with Crippen LogP contribution in [0.1, 0.15) is 40.8 Å². The van der Waals surface area contributed by atoms with Crippen molar-refractivity contribution in [3.63, 3.8) is 0 Å². The zero-order chi connectivity index (χ0) is 24.6. The summed E-state index contributed by atoms with van der Waals surface area (Å²) in [6.07, 6.45) is 2.25. The molecule has 1 fully saturated rings. The fourth-order valence-electron chi connectivity index (χ4n) is 3.72. The van der Waals surface area contributed by atoms with Crippen molar-refractivity contribution in [1.29, 1.82) is 0 Å². The number of amides is 2. The summed E-state index contributed by atoms with van der Waals surface area (Å²) in [5.41, 5.74) is 2.94. The Bertz CT molecular complexity index is 1150. The second-order valence-electron chi connectivity index (χ2n) is 8.41. The van der Waals surface area contributed by atoms with E-state index in [1.54, 1.807) is 13.1 Å². The van der Waals surface area contributed by atoms with E-state index in [2.05, 4.69) is 20.6 Å². The number of ether oxygens (including phenoxy) is 2. The molecule has 3 aromatic rings. The van der Waals surface area contributed by atoms with E-state index in [0.29, 0.717) is 6.42 Å². The third-order valence-corrected chi connectivity index (χ3v) is 5.66. The molecule has 9 heteroatoms. The Morgan fingerprint density at radius 1 is 1.09 bits per heavy atom. The van der Waals surface area contributed by atoms with Gasteiger partial charge >= 0.3 is 5.97 Å². The van der Waals surface area contributed by atoms with Crippen molar-refractivity contribution < 1.29 is 23.9 Å². The molecular formula is C26H28N4O5. The molecule has 0 bridgehead atoms. The van der Waals surface area contributed by atoms with Gasteiger partial charge in [-0.05, 0) is 30.9 Å². The molecule has 0 radical (unpaired) electrons. The number of imidazole rings is 1. The summed E-state index contributed by atoms with van der Waals surface area (Å²) >= 11 is 0. The third kappa shape index (κ3) is 6.77. The molecule has 35 heavy (non-hydrogen) atoms. The Kier molecular flexibility index (Phi) is 7.89. The lowest BCUT2D eigenvalue weighted by Crippen LogP contribution is -2.50. The Labute approximate surface area is 203 Å². The molecule has 1 aliphatic rings. The Morgan fingerprint density at radius 2 is 1.77 bits per heavy atom. The molecule has 3 atom stereocenters. The second-order valence-corrected chi connectivity index (χ2v) is 8.41. The Hall–Kier alpha value is -3.98. The monoisotopic (exact) mass is 476 g/mol. The van der Waals surface area contributed by atoms with Crippen molar-refractivity contribution in [3.8, 4) is 0 Å². The molecule has 2 heterocycles. The lowest BCUT2D eigenvalue weighted by atomic mass is 10.1. The van der Waals surface area contributed by atoms with E-state index < -0.39 is 36.2 Å². The SMILES string of the molecule is C[C@@H](NC(=O)c1ncc(CCc2ccccc2)[nH]1)C(=O)N[C@H]1CC(=O)O[C@@H]1OCc1ccccc1. The van der Waals surface area contributed by atoms with Crippen LogP contribution in [0.4, 0.5) is 0 Å². The van der Waals surface area contributed by atoms with Gasteiger partial charge in [0.2, 0.25) is 12.2 Å². The van der Waals surface area contributed by atoms with Gasteiger partial charge in [0.25, 0.3) is 5.91 Å². The largest absolute Gasteiger partial charge is 0.433 e. The van der Waals surface area contributed by atoms with E-state index in [4.69, 9.17) is 9.47 Å². The predicted octanol–water partition coefficient (Wildman–Crippen LogP) is 2.29. The van der Waals surface area contributed by atoms with Crippen LogP contribution in [-0.2, 0) is 38.5 Å². The van der Waals surface area contributed by atoms with Crippen LogP contribution >= 0.6 is 0 Å². The van der Waals surface area contributed by atoms with Crippen LogP contribution in [0.5, 0.6) is 0 Å². The highest BCUT2D eigenvalue weighted by molar-refractivity contribution is 5.95. The van der Waals surface area contributed by atoms with E-state index in [1.807, 2.05) is 60.7 Å². The quantitative estimate of drug-likeness (QED) is 0.386. The molecule has 0 unspecified atom stereocenters. The molecule has 182 valence electrons. The average Bonchev–Trinajstić information content (AvgIpc) is 3.49. The minimum absolute atomic E-state index is 0.00514. The molecule has 1 aliphatic heterocycles. The van der Waals surface area contributed by atoms with E-state index in [-0.39, 0.29) is 18.9 Å². The third-order valence-electron chi connectivity index (χ3n) is 5.66. The summed E-state index contributed by atoms with van der Waals surface area (Å²) in [5.74, 6) is -1.26. The summed E-state index contributed by atoms with van der Waals surface area (Å²) in [6.45, 7) is 1.80. The molecule has 1 saturated heterocycles. The fraction of sp³-hybridized carbons (Fsp3) is 0.308. The van der Waals surface area contributed by atoms with Crippen molar-refractivity contribution in [3.05, 3.63) is 89.5 Å². The predicted molar refractivity (Wildman–Crippen MR) is 127 cm³/mol. The van der Waals surface area contributed by atoms with E-state index in [1.165, 1.54) is 5.56 Å². The van der Waals surface area contributed by atoms with Crippen LogP contribution in [0.15, 0.2) is 66.9 Å². The van der Waals surface area contributed by atoms with Crippen molar-refractivity contribution in [2.75, 3.05) is 0 Å². The molecule has 9 nitrogen and oxygen atoms in total. The minimum Gasteiger partial charge on any atom is -0.433 e. The van der Waals surface area contributed by atoms with Crippen LogP contribution in [-0.4, -0.2) is 46.1 Å². The van der Waals surface area contributed by atoms with Gasteiger partial charge in [0.15, 0.2) is 5.82 Å². The number of aromatic nitrogens is 2. The number of hydrogen-bond donors (Lipinski definition) is 3. The molecule has 2 aromatic carbocycles. The molecule has 2 amide bonds. The van der Waals surface area contributed by atoms with E-state index in [0.717, 1.165) is 17.7 Å². The summed E-state index contributed by atoms with van der Waals surface area (Å²) in [7, 11) is 0. The number of cyclic esters (lactones) is 1. The summed E-state index contributed by atoms with van der Waals surface area (Å²) in [5, 5.41) is 5.37. The highest BCUT2D eigenvalue weighted by Crippen LogP contribution is 2.18. The highest BCUT2D eigenvalue weighted by atomic mass is 16.7. The van der Waals surface area contributed by atoms with Gasteiger partial charge < -0.3 is 25.1 Å². The number of esters is 1. The number of aryl methyl sites for hydroxylation is 2. The second kappa shape index (κ2) is 11.4. The fourth-order valence-corrected chi connectivity index (χ4v) is 3.72. The molecular weight excluding hydrogens is 448 g/mol. The number of hydrogen-bond acceptors (Lipinski definition) is 6. The molecule has 0 spiro atoms.